The minimum absolute atomic E-state index is 0.0920. The first-order valence-corrected chi connectivity index (χ1v) is 13.6. The van der Waals surface area contributed by atoms with E-state index in [2.05, 4.69) is 29.0 Å². The number of hydrogen-bond donors (Lipinski definition) is 1. The highest BCUT2D eigenvalue weighted by atomic mass is 19.4. The van der Waals surface area contributed by atoms with E-state index in [1.807, 2.05) is 25.1 Å². The number of carbonyl (C=O) groups excluding carboxylic acids is 1. The number of nitrogens with zero attached hydrogens (tertiary/aromatic N) is 4. The highest BCUT2D eigenvalue weighted by Crippen LogP contribution is 2.41. The number of fused-ring (bicyclic) bond motifs is 4. The fourth-order valence-corrected chi connectivity index (χ4v) is 5.39. The molecule has 2 bridgehead atoms. The summed E-state index contributed by atoms with van der Waals surface area (Å²) >= 11 is 0. The van der Waals surface area contributed by atoms with Crippen LogP contribution in [0.1, 0.15) is 56.2 Å². The number of amides is 2. The molecular formula is C30H34F3N5O. The van der Waals surface area contributed by atoms with Crippen molar-refractivity contribution in [1.29, 1.82) is 0 Å². The Morgan fingerprint density at radius 1 is 1.21 bits per heavy atom. The molecule has 5 rings (SSSR count). The van der Waals surface area contributed by atoms with Crippen LogP contribution in [0.2, 0.25) is 0 Å². The maximum atomic E-state index is 13.7. The van der Waals surface area contributed by atoms with Gasteiger partial charge < -0.3 is 4.90 Å². The van der Waals surface area contributed by atoms with E-state index < -0.39 is 11.7 Å². The van der Waals surface area contributed by atoms with Gasteiger partial charge in [0.25, 0.3) is 0 Å². The molecule has 6 nitrogen and oxygen atoms in total. The maximum Gasteiger partial charge on any atom is 0.416 e. The first kappa shape index (κ1) is 27.0. The van der Waals surface area contributed by atoms with Crippen LogP contribution in [0.5, 0.6) is 0 Å². The van der Waals surface area contributed by atoms with E-state index in [4.69, 9.17) is 4.98 Å². The average Bonchev–Trinajstić information content (AvgIpc) is 2.92. The van der Waals surface area contributed by atoms with Crippen molar-refractivity contribution < 1.29 is 18.0 Å². The normalized spacial score (nSPS) is 17.5. The first-order chi connectivity index (χ1) is 18.6. The second-order valence-electron chi connectivity index (χ2n) is 10.7. The Morgan fingerprint density at radius 3 is 2.74 bits per heavy atom. The molecule has 1 saturated heterocycles. The van der Waals surface area contributed by atoms with Gasteiger partial charge in [-0.05, 0) is 73.9 Å². The average molecular weight is 538 g/mol. The number of pyridine rings is 2. The molecule has 2 aliphatic heterocycles. The molecular weight excluding hydrogens is 503 g/mol. The van der Waals surface area contributed by atoms with Crippen molar-refractivity contribution in [3.63, 3.8) is 0 Å². The number of piperidine rings is 1. The minimum Gasteiger partial charge on any atom is -0.366 e. The molecule has 2 aromatic heterocycles. The van der Waals surface area contributed by atoms with E-state index in [9.17, 15) is 18.0 Å². The van der Waals surface area contributed by atoms with Crippen LogP contribution in [0.15, 0.2) is 48.7 Å². The van der Waals surface area contributed by atoms with E-state index in [1.165, 1.54) is 6.07 Å². The highest BCUT2D eigenvalue weighted by molar-refractivity contribution is 6.04. The van der Waals surface area contributed by atoms with Crippen LogP contribution in [0.3, 0.4) is 0 Å². The van der Waals surface area contributed by atoms with Crippen LogP contribution in [0.4, 0.5) is 35.3 Å². The van der Waals surface area contributed by atoms with Crippen LogP contribution in [-0.4, -0.2) is 35.1 Å². The Kier molecular flexibility index (Phi) is 7.51. The van der Waals surface area contributed by atoms with Crippen molar-refractivity contribution >= 4 is 23.4 Å². The monoisotopic (exact) mass is 537 g/mol. The quantitative estimate of drug-likeness (QED) is 0.354. The van der Waals surface area contributed by atoms with Gasteiger partial charge >= 0.3 is 12.2 Å². The van der Waals surface area contributed by atoms with Crippen molar-refractivity contribution in [3.8, 4) is 11.3 Å². The Hall–Kier alpha value is -3.62. The van der Waals surface area contributed by atoms with E-state index in [0.29, 0.717) is 35.4 Å². The molecule has 0 unspecified atom stereocenters. The lowest BCUT2D eigenvalue weighted by molar-refractivity contribution is -0.137. The van der Waals surface area contributed by atoms with Gasteiger partial charge in [-0.15, -0.1) is 0 Å². The Balaban J connectivity index is 1.45. The third-order valence-corrected chi connectivity index (χ3v) is 7.87. The topological polar surface area (TPSA) is 61.4 Å². The summed E-state index contributed by atoms with van der Waals surface area (Å²) in [5.74, 6) is 1.57. The summed E-state index contributed by atoms with van der Waals surface area (Å²) in [5.41, 5.74) is 2.78. The smallest absolute Gasteiger partial charge is 0.366 e. The number of nitrogens with one attached hydrogen (secondary N) is 1. The number of carbonyl (C=O) groups is 1. The molecule has 206 valence electrons. The second kappa shape index (κ2) is 10.9. The Morgan fingerprint density at radius 2 is 2.03 bits per heavy atom. The van der Waals surface area contributed by atoms with Crippen molar-refractivity contribution in [1.82, 2.24) is 9.97 Å². The Bertz CT molecular complexity index is 1340. The van der Waals surface area contributed by atoms with Crippen LogP contribution >= 0.6 is 0 Å². The summed E-state index contributed by atoms with van der Waals surface area (Å²) in [7, 11) is 0. The van der Waals surface area contributed by atoms with E-state index in [0.717, 1.165) is 67.6 Å². The predicted molar refractivity (Wildman–Crippen MR) is 148 cm³/mol. The number of anilines is 3. The largest absolute Gasteiger partial charge is 0.416 e. The van der Waals surface area contributed by atoms with Crippen LogP contribution in [0, 0.1) is 12.8 Å². The Labute approximate surface area is 227 Å². The zero-order chi connectivity index (χ0) is 27.7. The van der Waals surface area contributed by atoms with Crippen LogP contribution in [-0.2, 0) is 12.6 Å². The molecule has 3 aromatic rings. The number of halogens is 3. The van der Waals surface area contributed by atoms with Gasteiger partial charge in [-0.25, -0.2) is 14.8 Å². The van der Waals surface area contributed by atoms with Crippen molar-refractivity contribution in [3.05, 3.63) is 65.4 Å². The molecule has 1 N–H and O–H groups in total. The summed E-state index contributed by atoms with van der Waals surface area (Å²) in [6.45, 7) is 7.80. The second-order valence-corrected chi connectivity index (χ2v) is 10.7. The van der Waals surface area contributed by atoms with Crippen molar-refractivity contribution in [2.75, 3.05) is 28.2 Å². The third-order valence-electron chi connectivity index (χ3n) is 7.87. The number of alkyl halides is 3. The number of benzene rings is 1. The fraction of sp³-hybridized carbons (Fsp3) is 0.433. The molecule has 2 amide bonds. The summed E-state index contributed by atoms with van der Waals surface area (Å²) in [5, 5.41) is 2.93. The number of aromatic nitrogens is 2. The molecule has 0 aliphatic carbocycles. The molecule has 1 fully saturated rings. The van der Waals surface area contributed by atoms with Crippen LogP contribution < -0.4 is 15.1 Å². The van der Waals surface area contributed by atoms with Gasteiger partial charge in [0.1, 0.15) is 5.82 Å². The number of rotatable bonds is 6. The summed E-state index contributed by atoms with van der Waals surface area (Å²) < 4.78 is 40.2. The molecule has 39 heavy (non-hydrogen) atoms. The fourth-order valence-electron chi connectivity index (χ4n) is 5.39. The zero-order valence-corrected chi connectivity index (χ0v) is 22.6. The van der Waals surface area contributed by atoms with E-state index in [1.54, 1.807) is 17.2 Å². The molecule has 4 heterocycles. The molecule has 0 saturated carbocycles. The number of hydrogen-bond acceptors (Lipinski definition) is 4. The highest BCUT2D eigenvalue weighted by Gasteiger charge is 2.39. The molecule has 9 heteroatoms. The molecule has 0 spiro atoms. The SMILES string of the molecule is CC[C@H](C)CCc1ccc(NC(=O)N2c3nc(-c4cccc(C(F)(F)F)c4)c(C)cc3N3CCC[C@H]2C3)nc1. The van der Waals surface area contributed by atoms with Gasteiger partial charge in [-0.1, -0.05) is 38.5 Å². The van der Waals surface area contributed by atoms with Gasteiger partial charge in [0.15, 0.2) is 5.82 Å². The first-order valence-electron chi connectivity index (χ1n) is 13.6. The predicted octanol–water partition coefficient (Wildman–Crippen LogP) is 7.47. The molecule has 2 aliphatic rings. The van der Waals surface area contributed by atoms with Crippen LogP contribution in [0.25, 0.3) is 11.3 Å². The maximum absolute atomic E-state index is 13.7. The lowest BCUT2D eigenvalue weighted by atomic mass is 9.97. The summed E-state index contributed by atoms with van der Waals surface area (Å²) in [6, 6.07) is 10.5. The van der Waals surface area contributed by atoms with Gasteiger partial charge in [0.2, 0.25) is 0 Å². The molecule has 0 radical (unpaired) electrons. The zero-order valence-electron chi connectivity index (χ0n) is 22.6. The van der Waals surface area contributed by atoms with E-state index >= 15 is 0 Å². The van der Waals surface area contributed by atoms with Gasteiger partial charge in [-0.3, -0.25) is 10.2 Å². The lowest BCUT2D eigenvalue weighted by Crippen LogP contribution is -2.56. The van der Waals surface area contributed by atoms with Crippen molar-refractivity contribution in [2.45, 2.75) is 65.1 Å². The molecule has 2 atom stereocenters. The van der Waals surface area contributed by atoms with E-state index in [-0.39, 0.29) is 12.1 Å². The number of aryl methyl sites for hydroxylation is 2. The third kappa shape index (κ3) is 5.72. The summed E-state index contributed by atoms with van der Waals surface area (Å²) in [6.07, 6.45) is 2.27. The van der Waals surface area contributed by atoms with Crippen molar-refractivity contribution in [2.24, 2.45) is 5.92 Å². The van der Waals surface area contributed by atoms with Gasteiger partial charge in [0, 0.05) is 24.8 Å². The van der Waals surface area contributed by atoms with Gasteiger partial charge in [0.05, 0.1) is 23.0 Å². The summed E-state index contributed by atoms with van der Waals surface area (Å²) in [4.78, 5) is 26.8. The lowest BCUT2D eigenvalue weighted by Gasteiger charge is -2.46. The minimum atomic E-state index is -4.45. The molecule has 1 aromatic carbocycles. The van der Waals surface area contributed by atoms with Gasteiger partial charge in [-0.2, -0.15) is 13.2 Å². The number of urea groups is 1. The standard InChI is InChI=1S/C30H34F3N5O/c1-4-19(2)10-11-21-12-13-26(34-17-21)35-29(39)38-24-9-6-14-37(18-24)25-15-20(3)27(36-28(25)38)22-7-5-8-23(16-22)30(31,32)33/h5,7-8,12-13,15-17,19,24H,4,6,9-11,14,18H2,1-3H3,(H,34,35,39)/t19-,24-/m0/s1.